The van der Waals surface area contributed by atoms with E-state index in [2.05, 4.69) is 10.1 Å². The molecule has 25 heavy (non-hydrogen) atoms. The maximum absolute atomic E-state index is 13.4. The lowest BCUT2D eigenvalue weighted by Gasteiger charge is -2.32. The second-order valence-electron chi connectivity index (χ2n) is 6.65. The van der Waals surface area contributed by atoms with Gasteiger partial charge in [-0.15, -0.1) is 0 Å². The van der Waals surface area contributed by atoms with Crippen molar-refractivity contribution < 1.29 is 18.4 Å². The Morgan fingerprint density at radius 2 is 2.24 bits per heavy atom. The number of likely N-dealkylation sites (tertiary alicyclic amines) is 1. The van der Waals surface area contributed by atoms with E-state index in [1.807, 2.05) is 4.90 Å². The second-order valence-corrected chi connectivity index (χ2v) is 6.65. The largest absolute Gasteiger partial charge is 0.381 e. The summed E-state index contributed by atoms with van der Waals surface area (Å²) in [6.45, 7) is 2.52. The number of nitrogens with zero attached hydrogens (tertiary/aromatic N) is 3. The third-order valence-corrected chi connectivity index (χ3v) is 4.89. The van der Waals surface area contributed by atoms with E-state index in [0.717, 1.165) is 25.8 Å². The first-order valence-electron chi connectivity index (χ1n) is 8.67. The maximum atomic E-state index is 13.4. The molecule has 0 aliphatic carbocycles. The summed E-state index contributed by atoms with van der Waals surface area (Å²) in [4.78, 5) is 18.9. The normalized spacial score (nSPS) is 23.8. The molecule has 6 nitrogen and oxygen atoms in total. The molecule has 2 aromatic rings. The first-order chi connectivity index (χ1) is 12.2. The summed E-state index contributed by atoms with van der Waals surface area (Å²) in [6.07, 6.45) is 2.60. The summed E-state index contributed by atoms with van der Waals surface area (Å²) in [5.41, 5.74) is 0.585. The van der Waals surface area contributed by atoms with Crippen molar-refractivity contribution >= 4 is 5.91 Å². The van der Waals surface area contributed by atoms with Crippen LogP contribution < -0.4 is 0 Å². The number of hydrogen-bond acceptors (Lipinski definition) is 5. The molecule has 0 N–H and O–H groups in total. The van der Waals surface area contributed by atoms with Crippen LogP contribution in [-0.4, -0.2) is 47.3 Å². The molecular formula is C18H20FN3O3. The fraction of sp³-hybridized carbons (Fsp3) is 0.500. The SMILES string of the molecule is O=C([C@@H]1CCOC1)N1CCC[C@H](c2nc(-c3cccc(F)c3)no2)C1. The van der Waals surface area contributed by atoms with Crippen LogP contribution in [-0.2, 0) is 9.53 Å². The van der Waals surface area contributed by atoms with Gasteiger partial charge in [-0.3, -0.25) is 4.79 Å². The summed E-state index contributed by atoms with van der Waals surface area (Å²) in [6, 6.07) is 6.12. The van der Waals surface area contributed by atoms with Gasteiger partial charge in [-0.2, -0.15) is 4.98 Å². The summed E-state index contributed by atoms with van der Waals surface area (Å²) in [5.74, 6) is 0.713. The van der Waals surface area contributed by atoms with E-state index in [1.54, 1.807) is 12.1 Å². The van der Waals surface area contributed by atoms with Gasteiger partial charge in [0.1, 0.15) is 5.82 Å². The summed E-state index contributed by atoms with van der Waals surface area (Å²) in [5, 5.41) is 3.97. The molecule has 0 radical (unpaired) electrons. The standard InChI is InChI=1S/C18H20FN3O3/c19-15-5-1-3-12(9-15)16-20-17(25-21-16)13-4-2-7-22(10-13)18(23)14-6-8-24-11-14/h1,3,5,9,13-14H,2,4,6-8,10-11H2/t13-,14+/m0/s1. The second kappa shape index (κ2) is 6.92. The Labute approximate surface area is 145 Å². The Kier molecular flexibility index (Phi) is 4.48. The molecule has 4 rings (SSSR count). The Morgan fingerprint density at radius 1 is 1.32 bits per heavy atom. The summed E-state index contributed by atoms with van der Waals surface area (Å²) in [7, 11) is 0. The van der Waals surface area contributed by atoms with Crippen LogP contribution in [0.3, 0.4) is 0 Å². The maximum Gasteiger partial charge on any atom is 0.231 e. The number of ether oxygens (including phenoxy) is 1. The Balaban J connectivity index is 1.47. The average molecular weight is 345 g/mol. The van der Waals surface area contributed by atoms with Gasteiger partial charge in [0.15, 0.2) is 0 Å². The number of halogens is 1. The molecule has 2 saturated heterocycles. The van der Waals surface area contributed by atoms with Crippen molar-refractivity contribution in [2.24, 2.45) is 5.92 Å². The smallest absolute Gasteiger partial charge is 0.231 e. The van der Waals surface area contributed by atoms with E-state index >= 15 is 0 Å². The van der Waals surface area contributed by atoms with Crippen molar-refractivity contribution in [2.45, 2.75) is 25.2 Å². The highest BCUT2D eigenvalue weighted by Gasteiger charge is 2.33. The van der Waals surface area contributed by atoms with Gasteiger partial charge < -0.3 is 14.2 Å². The van der Waals surface area contributed by atoms with E-state index in [4.69, 9.17) is 9.26 Å². The van der Waals surface area contributed by atoms with Crippen molar-refractivity contribution in [3.8, 4) is 11.4 Å². The molecule has 7 heteroatoms. The van der Waals surface area contributed by atoms with Crippen LogP contribution in [0, 0.1) is 11.7 Å². The molecular weight excluding hydrogens is 325 g/mol. The predicted octanol–water partition coefficient (Wildman–Crippen LogP) is 2.62. The van der Waals surface area contributed by atoms with Gasteiger partial charge in [-0.05, 0) is 31.4 Å². The van der Waals surface area contributed by atoms with Crippen molar-refractivity contribution in [1.29, 1.82) is 0 Å². The van der Waals surface area contributed by atoms with E-state index < -0.39 is 0 Å². The fourth-order valence-corrected chi connectivity index (χ4v) is 3.51. The van der Waals surface area contributed by atoms with Gasteiger partial charge in [-0.1, -0.05) is 17.3 Å². The highest BCUT2D eigenvalue weighted by molar-refractivity contribution is 5.79. The van der Waals surface area contributed by atoms with Crippen LogP contribution in [0.15, 0.2) is 28.8 Å². The Hall–Kier alpha value is -2.28. The molecule has 2 fully saturated rings. The van der Waals surface area contributed by atoms with E-state index in [0.29, 0.717) is 37.0 Å². The van der Waals surface area contributed by atoms with Crippen LogP contribution in [0.1, 0.15) is 31.1 Å². The lowest BCUT2D eigenvalue weighted by atomic mass is 9.96. The monoisotopic (exact) mass is 345 g/mol. The number of hydrogen-bond donors (Lipinski definition) is 0. The van der Waals surface area contributed by atoms with Gasteiger partial charge in [-0.25, -0.2) is 4.39 Å². The first-order valence-corrected chi connectivity index (χ1v) is 8.67. The quantitative estimate of drug-likeness (QED) is 0.855. The van der Waals surface area contributed by atoms with E-state index in [9.17, 15) is 9.18 Å². The summed E-state index contributed by atoms with van der Waals surface area (Å²) < 4.78 is 24.1. The minimum atomic E-state index is -0.336. The minimum Gasteiger partial charge on any atom is -0.381 e. The van der Waals surface area contributed by atoms with Crippen LogP contribution >= 0.6 is 0 Å². The van der Waals surface area contributed by atoms with Crippen molar-refractivity contribution in [3.63, 3.8) is 0 Å². The average Bonchev–Trinajstić information content (AvgIpc) is 3.33. The zero-order valence-corrected chi connectivity index (χ0v) is 13.9. The Bertz CT molecular complexity index is 758. The molecule has 1 amide bonds. The molecule has 3 heterocycles. The molecule has 2 aliphatic rings. The number of aromatic nitrogens is 2. The number of carbonyl (C=O) groups excluding carboxylic acids is 1. The van der Waals surface area contributed by atoms with Crippen molar-refractivity contribution in [2.75, 3.05) is 26.3 Å². The lowest BCUT2D eigenvalue weighted by Crippen LogP contribution is -2.42. The predicted molar refractivity (Wildman–Crippen MR) is 87.2 cm³/mol. The minimum absolute atomic E-state index is 0.0230. The van der Waals surface area contributed by atoms with Gasteiger partial charge >= 0.3 is 0 Å². The van der Waals surface area contributed by atoms with E-state index in [-0.39, 0.29) is 23.6 Å². The lowest BCUT2D eigenvalue weighted by molar-refractivity contribution is -0.136. The number of carbonyl (C=O) groups is 1. The fourth-order valence-electron chi connectivity index (χ4n) is 3.51. The van der Waals surface area contributed by atoms with Crippen molar-refractivity contribution in [3.05, 3.63) is 36.0 Å². The van der Waals surface area contributed by atoms with Gasteiger partial charge in [0.05, 0.1) is 18.4 Å². The molecule has 132 valence electrons. The van der Waals surface area contributed by atoms with Gasteiger partial charge in [0.2, 0.25) is 17.6 Å². The van der Waals surface area contributed by atoms with Gasteiger partial charge in [0, 0.05) is 25.3 Å². The van der Waals surface area contributed by atoms with Crippen LogP contribution in [0.25, 0.3) is 11.4 Å². The van der Waals surface area contributed by atoms with E-state index in [1.165, 1.54) is 12.1 Å². The highest BCUT2D eigenvalue weighted by Crippen LogP contribution is 2.29. The van der Waals surface area contributed by atoms with Crippen LogP contribution in [0.4, 0.5) is 4.39 Å². The molecule has 0 bridgehead atoms. The molecule has 2 aliphatic heterocycles. The summed E-state index contributed by atoms with van der Waals surface area (Å²) >= 11 is 0. The number of amides is 1. The van der Waals surface area contributed by atoms with Crippen LogP contribution in [0.2, 0.25) is 0 Å². The number of benzene rings is 1. The van der Waals surface area contributed by atoms with Crippen molar-refractivity contribution in [1.82, 2.24) is 15.0 Å². The zero-order valence-electron chi connectivity index (χ0n) is 13.9. The zero-order chi connectivity index (χ0) is 17.2. The molecule has 2 atom stereocenters. The Morgan fingerprint density at radius 3 is 3.04 bits per heavy atom. The molecule has 0 unspecified atom stereocenters. The van der Waals surface area contributed by atoms with Gasteiger partial charge in [0.25, 0.3) is 0 Å². The molecule has 0 spiro atoms. The third-order valence-electron chi connectivity index (χ3n) is 4.89. The number of piperidine rings is 1. The topological polar surface area (TPSA) is 68.5 Å². The molecule has 1 aromatic heterocycles. The molecule has 1 aromatic carbocycles. The first kappa shape index (κ1) is 16.2. The molecule has 0 saturated carbocycles. The highest BCUT2D eigenvalue weighted by atomic mass is 19.1. The third kappa shape index (κ3) is 3.42. The van der Waals surface area contributed by atoms with Crippen LogP contribution in [0.5, 0.6) is 0 Å². The number of rotatable bonds is 3.